The SMILES string of the molecule is Cc1cccc(C(=O)NC[C@@H](c2cccs2)N(C)C)n1. The van der Waals surface area contributed by atoms with Crippen LogP contribution in [0.25, 0.3) is 0 Å². The molecular weight excluding hydrogens is 270 g/mol. The molecule has 4 nitrogen and oxygen atoms in total. The summed E-state index contributed by atoms with van der Waals surface area (Å²) in [4.78, 5) is 19.7. The Kier molecular flexibility index (Phi) is 4.87. The normalized spacial score (nSPS) is 12.4. The Morgan fingerprint density at radius 2 is 2.15 bits per heavy atom. The molecule has 0 aliphatic carbocycles. The number of carbonyl (C=O) groups excluding carboxylic acids is 1. The Balaban J connectivity index is 2.01. The molecule has 1 N–H and O–H groups in total. The first-order chi connectivity index (χ1) is 9.58. The van der Waals surface area contributed by atoms with Gasteiger partial charge in [-0.1, -0.05) is 12.1 Å². The van der Waals surface area contributed by atoms with Gasteiger partial charge in [0, 0.05) is 17.1 Å². The summed E-state index contributed by atoms with van der Waals surface area (Å²) in [5.41, 5.74) is 1.31. The van der Waals surface area contributed by atoms with Crippen LogP contribution in [0.1, 0.15) is 27.1 Å². The number of carbonyl (C=O) groups is 1. The highest BCUT2D eigenvalue weighted by Gasteiger charge is 2.17. The summed E-state index contributed by atoms with van der Waals surface area (Å²) in [5, 5.41) is 5.01. The first-order valence-corrected chi connectivity index (χ1v) is 7.37. The molecule has 0 spiro atoms. The first kappa shape index (κ1) is 14.7. The second-order valence-electron chi connectivity index (χ2n) is 4.87. The van der Waals surface area contributed by atoms with Crippen molar-refractivity contribution in [3.05, 3.63) is 52.0 Å². The Labute approximate surface area is 123 Å². The smallest absolute Gasteiger partial charge is 0.269 e. The highest BCUT2D eigenvalue weighted by atomic mass is 32.1. The average Bonchev–Trinajstić information content (AvgIpc) is 2.92. The van der Waals surface area contributed by atoms with E-state index in [4.69, 9.17) is 0 Å². The number of rotatable bonds is 5. The van der Waals surface area contributed by atoms with Crippen LogP contribution in [-0.2, 0) is 0 Å². The minimum Gasteiger partial charge on any atom is -0.349 e. The van der Waals surface area contributed by atoms with Gasteiger partial charge in [0.1, 0.15) is 5.69 Å². The van der Waals surface area contributed by atoms with Gasteiger partial charge in [0.2, 0.25) is 0 Å². The van der Waals surface area contributed by atoms with Gasteiger partial charge < -0.3 is 10.2 Å². The van der Waals surface area contributed by atoms with E-state index in [0.29, 0.717) is 12.2 Å². The molecule has 5 heteroatoms. The third-order valence-electron chi connectivity index (χ3n) is 3.07. The fraction of sp³-hybridized carbons (Fsp3) is 0.333. The van der Waals surface area contributed by atoms with Gasteiger partial charge in [0.25, 0.3) is 5.91 Å². The number of nitrogens with zero attached hydrogens (tertiary/aromatic N) is 2. The van der Waals surface area contributed by atoms with E-state index in [1.807, 2.05) is 39.2 Å². The first-order valence-electron chi connectivity index (χ1n) is 6.49. The number of hydrogen-bond acceptors (Lipinski definition) is 4. The fourth-order valence-corrected chi connectivity index (χ4v) is 2.89. The monoisotopic (exact) mass is 289 g/mol. The molecule has 20 heavy (non-hydrogen) atoms. The molecule has 0 bridgehead atoms. The summed E-state index contributed by atoms with van der Waals surface area (Å²) in [6.07, 6.45) is 0. The molecule has 106 valence electrons. The summed E-state index contributed by atoms with van der Waals surface area (Å²) in [6, 6.07) is 9.76. The van der Waals surface area contributed by atoms with Gasteiger partial charge in [0.05, 0.1) is 6.04 Å². The zero-order valence-electron chi connectivity index (χ0n) is 12.0. The van der Waals surface area contributed by atoms with E-state index in [2.05, 4.69) is 26.6 Å². The molecular formula is C15H19N3OS. The predicted molar refractivity (Wildman–Crippen MR) is 82.1 cm³/mol. The van der Waals surface area contributed by atoms with E-state index in [1.165, 1.54) is 4.88 Å². The lowest BCUT2D eigenvalue weighted by atomic mass is 10.2. The zero-order chi connectivity index (χ0) is 14.5. The minimum absolute atomic E-state index is 0.128. The van der Waals surface area contributed by atoms with Crippen molar-refractivity contribution in [3.8, 4) is 0 Å². The Morgan fingerprint density at radius 1 is 1.35 bits per heavy atom. The van der Waals surface area contributed by atoms with Crippen molar-refractivity contribution in [2.75, 3.05) is 20.6 Å². The third kappa shape index (κ3) is 3.65. The van der Waals surface area contributed by atoms with Gasteiger partial charge in [-0.05, 0) is 44.6 Å². The van der Waals surface area contributed by atoms with Crippen LogP contribution in [0.2, 0.25) is 0 Å². The third-order valence-corrected chi connectivity index (χ3v) is 4.05. The molecule has 2 aromatic heterocycles. The molecule has 0 aliphatic rings. The molecule has 1 atom stereocenters. The van der Waals surface area contributed by atoms with Gasteiger partial charge in [-0.15, -0.1) is 11.3 Å². The van der Waals surface area contributed by atoms with Gasteiger partial charge in [-0.3, -0.25) is 4.79 Å². The number of amides is 1. The van der Waals surface area contributed by atoms with Crippen LogP contribution in [-0.4, -0.2) is 36.4 Å². The van der Waals surface area contributed by atoms with Gasteiger partial charge in [-0.25, -0.2) is 4.98 Å². The van der Waals surface area contributed by atoms with Crippen molar-refractivity contribution in [1.82, 2.24) is 15.2 Å². The van der Waals surface area contributed by atoms with E-state index in [9.17, 15) is 4.79 Å². The van der Waals surface area contributed by atoms with Crippen LogP contribution in [0.15, 0.2) is 35.7 Å². The molecule has 0 radical (unpaired) electrons. The van der Waals surface area contributed by atoms with Gasteiger partial charge >= 0.3 is 0 Å². The summed E-state index contributed by atoms with van der Waals surface area (Å²) in [7, 11) is 4.03. The lowest BCUT2D eigenvalue weighted by Crippen LogP contribution is -2.34. The van der Waals surface area contributed by atoms with E-state index < -0.39 is 0 Å². The van der Waals surface area contributed by atoms with E-state index in [1.54, 1.807) is 17.4 Å². The second-order valence-corrected chi connectivity index (χ2v) is 5.85. The summed E-state index contributed by atoms with van der Waals surface area (Å²) in [5.74, 6) is -0.128. The number of hydrogen-bond donors (Lipinski definition) is 1. The van der Waals surface area contributed by atoms with E-state index in [-0.39, 0.29) is 11.9 Å². The van der Waals surface area contributed by atoms with Crippen molar-refractivity contribution in [2.24, 2.45) is 0 Å². The molecule has 0 saturated heterocycles. The quantitative estimate of drug-likeness (QED) is 0.920. The topological polar surface area (TPSA) is 45.2 Å². The summed E-state index contributed by atoms with van der Waals surface area (Å²) < 4.78 is 0. The maximum absolute atomic E-state index is 12.1. The molecule has 1 amide bonds. The number of likely N-dealkylation sites (N-methyl/N-ethyl adjacent to an activating group) is 1. The standard InChI is InChI=1S/C15H19N3OS/c1-11-6-4-7-12(17-11)15(19)16-10-13(18(2)3)14-8-5-9-20-14/h4-9,13H,10H2,1-3H3,(H,16,19)/t13-/m0/s1. The van der Waals surface area contributed by atoms with E-state index >= 15 is 0 Å². The molecule has 0 saturated carbocycles. The Hall–Kier alpha value is -1.72. The predicted octanol–water partition coefficient (Wildman–Crippen LogP) is 2.48. The minimum atomic E-state index is -0.128. The number of pyridine rings is 1. The molecule has 0 fully saturated rings. The van der Waals surface area contributed by atoms with Gasteiger partial charge in [0.15, 0.2) is 0 Å². The van der Waals surface area contributed by atoms with Crippen molar-refractivity contribution in [3.63, 3.8) is 0 Å². The van der Waals surface area contributed by atoms with Crippen molar-refractivity contribution in [1.29, 1.82) is 0 Å². The van der Waals surface area contributed by atoms with Crippen LogP contribution in [0, 0.1) is 6.92 Å². The molecule has 2 heterocycles. The molecule has 2 rings (SSSR count). The highest BCUT2D eigenvalue weighted by molar-refractivity contribution is 7.10. The van der Waals surface area contributed by atoms with Crippen LogP contribution in [0.5, 0.6) is 0 Å². The van der Waals surface area contributed by atoms with Crippen LogP contribution in [0.3, 0.4) is 0 Å². The zero-order valence-corrected chi connectivity index (χ0v) is 12.8. The number of aryl methyl sites for hydroxylation is 1. The summed E-state index contributed by atoms with van der Waals surface area (Å²) >= 11 is 1.70. The van der Waals surface area contributed by atoms with Gasteiger partial charge in [-0.2, -0.15) is 0 Å². The van der Waals surface area contributed by atoms with Crippen LogP contribution >= 0.6 is 11.3 Å². The Bertz CT molecular complexity index is 566. The van der Waals surface area contributed by atoms with E-state index in [0.717, 1.165) is 5.69 Å². The lowest BCUT2D eigenvalue weighted by molar-refractivity contribution is 0.0937. The lowest BCUT2D eigenvalue weighted by Gasteiger charge is -2.23. The Morgan fingerprint density at radius 3 is 2.75 bits per heavy atom. The fourth-order valence-electron chi connectivity index (χ4n) is 1.97. The molecule has 0 aromatic carbocycles. The molecule has 0 unspecified atom stereocenters. The maximum Gasteiger partial charge on any atom is 0.269 e. The van der Waals surface area contributed by atoms with Crippen molar-refractivity contribution in [2.45, 2.75) is 13.0 Å². The largest absolute Gasteiger partial charge is 0.349 e. The molecule has 0 aliphatic heterocycles. The number of thiophene rings is 1. The van der Waals surface area contributed by atoms with Crippen LogP contribution in [0.4, 0.5) is 0 Å². The van der Waals surface area contributed by atoms with Crippen molar-refractivity contribution < 1.29 is 4.79 Å². The highest BCUT2D eigenvalue weighted by Crippen LogP contribution is 2.22. The van der Waals surface area contributed by atoms with Crippen molar-refractivity contribution >= 4 is 17.2 Å². The average molecular weight is 289 g/mol. The van der Waals surface area contributed by atoms with Crippen LogP contribution < -0.4 is 5.32 Å². The second kappa shape index (κ2) is 6.63. The maximum atomic E-state index is 12.1. The molecule has 2 aromatic rings. The summed E-state index contributed by atoms with van der Waals surface area (Å²) in [6.45, 7) is 2.45. The number of aromatic nitrogens is 1. The number of nitrogens with one attached hydrogen (secondary N) is 1.